The van der Waals surface area contributed by atoms with Gasteiger partial charge in [0.1, 0.15) is 0 Å². The van der Waals surface area contributed by atoms with Gasteiger partial charge in [-0.2, -0.15) is 0 Å². The summed E-state index contributed by atoms with van der Waals surface area (Å²) < 4.78 is 2.65. The van der Waals surface area contributed by atoms with Crippen LogP contribution in [0.2, 0.25) is 0 Å². The molecule has 3 aromatic rings. The number of pyridine rings is 1. The lowest BCUT2D eigenvalue weighted by Gasteiger charge is -1.87. The molecule has 3 rings (SSSR count). The Morgan fingerprint density at radius 2 is 1.77 bits per heavy atom. The van der Waals surface area contributed by atoms with Gasteiger partial charge in [0.2, 0.25) is 0 Å². The second-order valence-electron chi connectivity index (χ2n) is 2.97. The molecule has 62 valence electrons. The molecule has 0 unspecified atom stereocenters. The minimum atomic E-state index is 1.27. The SMILES string of the molecule is c1ccc2c(c1)sc1ccncc12. The Kier molecular flexibility index (Phi) is 1.37. The predicted octanol–water partition coefficient (Wildman–Crippen LogP) is 3.45. The molecule has 0 spiro atoms. The van der Waals surface area contributed by atoms with Crippen molar-refractivity contribution in [1.29, 1.82) is 0 Å². The molecule has 2 heterocycles. The third-order valence-corrected chi connectivity index (χ3v) is 3.33. The second kappa shape index (κ2) is 2.54. The van der Waals surface area contributed by atoms with Gasteiger partial charge in [0.25, 0.3) is 0 Å². The van der Waals surface area contributed by atoms with Crippen LogP contribution in [0.1, 0.15) is 0 Å². The topological polar surface area (TPSA) is 12.9 Å². The molecule has 0 aliphatic carbocycles. The molecule has 0 aliphatic heterocycles. The molecule has 0 radical (unpaired) electrons. The van der Waals surface area contributed by atoms with Crippen LogP contribution in [0.15, 0.2) is 42.7 Å². The highest BCUT2D eigenvalue weighted by atomic mass is 32.1. The van der Waals surface area contributed by atoms with E-state index < -0.39 is 0 Å². The van der Waals surface area contributed by atoms with E-state index >= 15 is 0 Å². The first-order valence-electron chi connectivity index (χ1n) is 4.16. The molecule has 1 aromatic carbocycles. The molecule has 0 bridgehead atoms. The molecule has 0 saturated carbocycles. The van der Waals surface area contributed by atoms with Crippen molar-refractivity contribution in [3.63, 3.8) is 0 Å². The minimum absolute atomic E-state index is 1.27. The Morgan fingerprint density at radius 1 is 0.923 bits per heavy atom. The summed E-state index contributed by atoms with van der Waals surface area (Å²) in [5.74, 6) is 0. The Labute approximate surface area is 79.7 Å². The maximum atomic E-state index is 4.14. The fourth-order valence-electron chi connectivity index (χ4n) is 1.57. The predicted molar refractivity (Wildman–Crippen MR) is 57.1 cm³/mol. The number of aromatic nitrogens is 1. The van der Waals surface area contributed by atoms with Crippen molar-refractivity contribution in [3.8, 4) is 0 Å². The molecule has 2 heteroatoms. The van der Waals surface area contributed by atoms with Crippen LogP contribution in [0.25, 0.3) is 20.2 Å². The van der Waals surface area contributed by atoms with Gasteiger partial charge < -0.3 is 0 Å². The number of benzene rings is 1. The van der Waals surface area contributed by atoms with Crippen LogP contribution in [0.4, 0.5) is 0 Å². The smallest absolute Gasteiger partial charge is 0.0386 e. The zero-order valence-electron chi connectivity index (χ0n) is 6.90. The van der Waals surface area contributed by atoms with E-state index in [1.165, 1.54) is 20.2 Å². The van der Waals surface area contributed by atoms with E-state index in [-0.39, 0.29) is 0 Å². The van der Waals surface area contributed by atoms with E-state index in [1.54, 1.807) is 0 Å². The zero-order valence-corrected chi connectivity index (χ0v) is 7.71. The van der Waals surface area contributed by atoms with E-state index in [0.29, 0.717) is 0 Å². The lowest BCUT2D eigenvalue weighted by atomic mass is 10.2. The summed E-state index contributed by atoms with van der Waals surface area (Å²) in [6.45, 7) is 0. The van der Waals surface area contributed by atoms with Crippen molar-refractivity contribution < 1.29 is 0 Å². The molecule has 0 atom stereocenters. The number of fused-ring (bicyclic) bond motifs is 3. The third-order valence-electron chi connectivity index (χ3n) is 2.18. The van der Waals surface area contributed by atoms with Gasteiger partial charge in [0.15, 0.2) is 0 Å². The van der Waals surface area contributed by atoms with E-state index in [0.717, 1.165) is 0 Å². The molecular formula is C11H7NS. The lowest BCUT2D eigenvalue weighted by molar-refractivity contribution is 1.37. The minimum Gasteiger partial charge on any atom is -0.264 e. The molecular weight excluding hydrogens is 178 g/mol. The van der Waals surface area contributed by atoms with E-state index in [9.17, 15) is 0 Å². The van der Waals surface area contributed by atoms with Crippen molar-refractivity contribution in [2.75, 3.05) is 0 Å². The number of nitrogens with zero attached hydrogens (tertiary/aromatic N) is 1. The maximum Gasteiger partial charge on any atom is 0.0386 e. The largest absolute Gasteiger partial charge is 0.264 e. The molecule has 0 saturated heterocycles. The van der Waals surface area contributed by atoms with Crippen molar-refractivity contribution in [2.45, 2.75) is 0 Å². The van der Waals surface area contributed by atoms with Gasteiger partial charge in [-0.1, -0.05) is 18.2 Å². The zero-order chi connectivity index (χ0) is 8.67. The van der Waals surface area contributed by atoms with Crippen LogP contribution >= 0.6 is 11.3 Å². The number of hydrogen-bond acceptors (Lipinski definition) is 2. The summed E-state index contributed by atoms with van der Waals surface area (Å²) in [6.07, 6.45) is 3.78. The average molecular weight is 185 g/mol. The highest BCUT2D eigenvalue weighted by Gasteiger charge is 2.01. The fraction of sp³-hybridized carbons (Fsp3) is 0. The molecule has 0 amide bonds. The van der Waals surface area contributed by atoms with Gasteiger partial charge in [-0.05, 0) is 12.1 Å². The van der Waals surface area contributed by atoms with E-state index in [4.69, 9.17) is 0 Å². The Bertz CT molecular complexity index is 518. The quantitative estimate of drug-likeness (QED) is 0.522. The Hall–Kier alpha value is -1.41. The van der Waals surface area contributed by atoms with Gasteiger partial charge in [0, 0.05) is 32.6 Å². The third kappa shape index (κ3) is 0.956. The van der Waals surface area contributed by atoms with Crippen LogP contribution in [0.5, 0.6) is 0 Å². The number of thiophene rings is 1. The molecule has 2 aromatic heterocycles. The highest BCUT2D eigenvalue weighted by molar-refractivity contribution is 7.25. The highest BCUT2D eigenvalue weighted by Crippen LogP contribution is 2.32. The molecule has 1 nitrogen and oxygen atoms in total. The van der Waals surface area contributed by atoms with Gasteiger partial charge in [-0.3, -0.25) is 4.98 Å². The normalized spacial score (nSPS) is 11.1. The fourth-order valence-corrected chi connectivity index (χ4v) is 2.64. The first kappa shape index (κ1) is 7.04. The lowest BCUT2D eigenvalue weighted by Crippen LogP contribution is -1.67. The van der Waals surface area contributed by atoms with Crippen LogP contribution in [-0.4, -0.2) is 4.98 Å². The monoisotopic (exact) mass is 185 g/mol. The van der Waals surface area contributed by atoms with Crippen molar-refractivity contribution in [3.05, 3.63) is 42.7 Å². The van der Waals surface area contributed by atoms with Gasteiger partial charge in [0.05, 0.1) is 0 Å². The first-order valence-corrected chi connectivity index (χ1v) is 4.98. The van der Waals surface area contributed by atoms with Crippen LogP contribution in [0, 0.1) is 0 Å². The van der Waals surface area contributed by atoms with E-state index in [1.807, 2.05) is 23.7 Å². The second-order valence-corrected chi connectivity index (χ2v) is 4.05. The van der Waals surface area contributed by atoms with Crippen molar-refractivity contribution >= 4 is 31.5 Å². The van der Waals surface area contributed by atoms with Gasteiger partial charge in [-0.25, -0.2) is 0 Å². The van der Waals surface area contributed by atoms with Gasteiger partial charge >= 0.3 is 0 Å². The van der Waals surface area contributed by atoms with Crippen LogP contribution in [0.3, 0.4) is 0 Å². The van der Waals surface area contributed by atoms with Gasteiger partial charge in [-0.15, -0.1) is 11.3 Å². The van der Waals surface area contributed by atoms with Crippen LogP contribution < -0.4 is 0 Å². The van der Waals surface area contributed by atoms with Crippen molar-refractivity contribution in [1.82, 2.24) is 4.98 Å². The van der Waals surface area contributed by atoms with E-state index in [2.05, 4.69) is 35.3 Å². The molecule has 0 fully saturated rings. The molecule has 0 aliphatic rings. The summed E-state index contributed by atoms with van der Waals surface area (Å²) in [5, 5.41) is 2.58. The average Bonchev–Trinajstić information content (AvgIpc) is 2.56. The standard InChI is InChI=1S/C11H7NS/c1-2-4-10-8(3-1)9-7-12-6-5-11(9)13-10/h1-7H. The Morgan fingerprint density at radius 3 is 2.77 bits per heavy atom. The number of rotatable bonds is 0. The first-order chi connectivity index (χ1) is 6.45. The van der Waals surface area contributed by atoms with Crippen LogP contribution in [-0.2, 0) is 0 Å². The molecule has 0 N–H and O–H groups in total. The number of hydrogen-bond donors (Lipinski definition) is 0. The summed E-state index contributed by atoms with van der Waals surface area (Å²) in [6, 6.07) is 10.5. The summed E-state index contributed by atoms with van der Waals surface area (Å²) in [4.78, 5) is 4.14. The maximum absolute atomic E-state index is 4.14. The molecule has 13 heavy (non-hydrogen) atoms. The summed E-state index contributed by atoms with van der Waals surface area (Å²) in [5.41, 5.74) is 0. The summed E-state index contributed by atoms with van der Waals surface area (Å²) in [7, 11) is 0. The summed E-state index contributed by atoms with van der Waals surface area (Å²) >= 11 is 1.82. The Balaban J connectivity index is 2.64. The van der Waals surface area contributed by atoms with Crippen molar-refractivity contribution in [2.24, 2.45) is 0 Å².